The number of thiazole rings is 1. The van der Waals surface area contributed by atoms with Crippen molar-refractivity contribution in [1.29, 1.82) is 0 Å². The van der Waals surface area contributed by atoms with Crippen molar-refractivity contribution in [3.05, 3.63) is 72.0 Å². The Bertz CT molecular complexity index is 1160. The van der Waals surface area contributed by atoms with Crippen molar-refractivity contribution in [2.45, 2.75) is 6.92 Å². The van der Waals surface area contributed by atoms with E-state index in [1.807, 2.05) is 31.2 Å². The SMILES string of the molecule is CCOc1ccc(-c2nc(C(=O)Nc3cnc(-c4cccc(O)c4)nc3)cs2)cc1. The number of ether oxygens (including phenoxy) is 1. The number of amides is 1. The van der Waals surface area contributed by atoms with E-state index in [1.165, 1.54) is 23.7 Å². The Morgan fingerprint density at radius 2 is 1.87 bits per heavy atom. The summed E-state index contributed by atoms with van der Waals surface area (Å²) in [6.07, 6.45) is 3.04. The first-order valence-electron chi connectivity index (χ1n) is 9.24. The summed E-state index contributed by atoms with van der Waals surface area (Å²) < 4.78 is 5.44. The molecule has 2 aromatic carbocycles. The zero-order valence-electron chi connectivity index (χ0n) is 16.1. The van der Waals surface area contributed by atoms with E-state index >= 15 is 0 Å². The molecular weight excluding hydrogens is 400 g/mol. The smallest absolute Gasteiger partial charge is 0.275 e. The molecule has 0 aliphatic rings. The van der Waals surface area contributed by atoms with Crippen LogP contribution in [-0.2, 0) is 0 Å². The van der Waals surface area contributed by atoms with Gasteiger partial charge in [0.2, 0.25) is 0 Å². The van der Waals surface area contributed by atoms with Crippen molar-refractivity contribution >= 4 is 22.9 Å². The number of hydrogen-bond acceptors (Lipinski definition) is 7. The van der Waals surface area contributed by atoms with Gasteiger partial charge < -0.3 is 15.2 Å². The van der Waals surface area contributed by atoms with Gasteiger partial charge in [0.25, 0.3) is 5.91 Å². The van der Waals surface area contributed by atoms with E-state index in [0.29, 0.717) is 29.4 Å². The second kappa shape index (κ2) is 8.71. The summed E-state index contributed by atoms with van der Waals surface area (Å²) in [5.41, 5.74) is 2.38. The number of phenolic OH excluding ortho intramolecular Hbond substituents is 1. The zero-order valence-corrected chi connectivity index (χ0v) is 16.9. The largest absolute Gasteiger partial charge is 0.508 e. The van der Waals surface area contributed by atoms with E-state index < -0.39 is 0 Å². The van der Waals surface area contributed by atoms with Crippen LogP contribution in [0.15, 0.2) is 66.3 Å². The standard InChI is InChI=1S/C22H18N4O3S/c1-2-29-18-8-6-14(7-9-18)22-26-19(13-30-22)21(28)25-16-11-23-20(24-12-16)15-4-3-5-17(27)10-15/h3-13,27H,2H2,1H3,(H,25,28). The first kappa shape index (κ1) is 19.5. The van der Waals surface area contributed by atoms with Crippen LogP contribution >= 0.6 is 11.3 Å². The third-order valence-corrected chi connectivity index (χ3v) is 5.05. The van der Waals surface area contributed by atoms with Crippen LogP contribution in [0.2, 0.25) is 0 Å². The number of nitrogens with zero attached hydrogens (tertiary/aromatic N) is 3. The molecule has 0 aliphatic heterocycles. The van der Waals surface area contributed by atoms with Gasteiger partial charge in [-0.05, 0) is 43.3 Å². The molecule has 2 N–H and O–H groups in total. The van der Waals surface area contributed by atoms with Gasteiger partial charge in [-0.2, -0.15) is 0 Å². The molecule has 2 heterocycles. The number of phenols is 1. The molecule has 0 bridgehead atoms. The minimum absolute atomic E-state index is 0.139. The molecular formula is C22H18N4O3S. The van der Waals surface area contributed by atoms with Crippen LogP contribution in [0.1, 0.15) is 17.4 Å². The summed E-state index contributed by atoms with van der Waals surface area (Å²) in [4.78, 5) is 25.4. The van der Waals surface area contributed by atoms with Crippen molar-refractivity contribution in [3.8, 4) is 33.5 Å². The maximum atomic E-state index is 12.5. The van der Waals surface area contributed by atoms with Crippen LogP contribution in [-0.4, -0.2) is 32.6 Å². The molecule has 4 aromatic rings. The number of nitrogens with one attached hydrogen (secondary N) is 1. The minimum atomic E-state index is -0.336. The highest BCUT2D eigenvalue weighted by molar-refractivity contribution is 7.13. The lowest BCUT2D eigenvalue weighted by molar-refractivity contribution is 0.102. The predicted molar refractivity (Wildman–Crippen MR) is 116 cm³/mol. The van der Waals surface area contributed by atoms with E-state index in [1.54, 1.807) is 29.6 Å². The van der Waals surface area contributed by atoms with Crippen LogP contribution in [0.3, 0.4) is 0 Å². The van der Waals surface area contributed by atoms with Gasteiger partial charge in [0.15, 0.2) is 5.82 Å². The highest BCUT2D eigenvalue weighted by atomic mass is 32.1. The second-order valence-corrected chi connectivity index (χ2v) is 7.15. The molecule has 0 unspecified atom stereocenters. The Morgan fingerprint density at radius 3 is 2.57 bits per heavy atom. The molecule has 2 aromatic heterocycles. The van der Waals surface area contributed by atoms with Gasteiger partial charge >= 0.3 is 0 Å². The Balaban J connectivity index is 1.44. The number of aromatic hydroxyl groups is 1. The number of aromatic nitrogens is 3. The molecule has 30 heavy (non-hydrogen) atoms. The highest BCUT2D eigenvalue weighted by Gasteiger charge is 2.13. The molecule has 0 atom stereocenters. The second-order valence-electron chi connectivity index (χ2n) is 6.30. The van der Waals surface area contributed by atoms with Crippen LogP contribution in [0.5, 0.6) is 11.5 Å². The maximum absolute atomic E-state index is 12.5. The quantitative estimate of drug-likeness (QED) is 0.474. The van der Waals surface area contributed by atoms with Crippen molar-refractivity contribution in [1.82, 2.24) is 15.0 Å². The van der Waals surface area contributed by atoms with Gasteiger partial charge in [-0.15, -0.1) is 11.3 Å². The highest BCUT2D eigenvalue weighted by Crippen LogP contribution is 2.26. The molecule has 150 valence electrons. The van der Waals surface area contributed by atoms with Crippen molar-refractivity contribution < 1.29 is 14.6 Å². The van der Waals surface area contributed by atoms with Crippen molar-refractivity contribution in [3.63, 3.8) is 0 Å². The van der Waals surface area contributed by atoms with Gasteiger partial charge in [0.1, 0.15) is 22.2 Å². The van der Waals surface area contributed by atoms with E-state index in [9.17, 15) is 9.90 Å². The third kappa shape index (κ3) is 4.44. The van der Waals surface area contributed by atoms with Gasteiger partial charge in [-0.3, -0.25) is 4.79 Å². The van der Waals surface area contributed by atoms with Crippen LogP contribution in [0, 0.1) is 0 Å². The lowest BCUT2D eigenvalue weighted by Gasteiger charge is -2.05. The van der Waals surface area contributed by atoms with Gasteiger partial charge in [-0.25, -0.2) is 15.0 Å². The average molecular weight is 418 g/mol. The van der Waals surface area contributed by atoms with E-state index in [4.69, 9.17) is 4.74 Å². The minimum Gasteiger partial charge on any atom is -0.508 e. The molecule has 7 nitrogen and oxygen atoms in total. The van der Waals surface area contributed by atoms with Crippen LogP contribution < -0.4 is 10.1 Å². The van der Waals surface area contributed by atoms with Gasteiger partial charge in [0, 0.05) is 16.5 Å². The topological polar surface area (TPSA) is 97.2 Å². The third-order valence-electron chi connectivity index (χ3n) is 4.16. The number of rotatable bonds is 6. The first-order chi connectivity index (χ1) is 14.6. The number of anilines is 1. The fourth-order valence-electron chi connectivity index (χ4n) is 2.75. The number of benzene rings is 2. The summed E-state index contributed by atoms with van der Waals surface area (Å²) in [6, 6.07) is 14.3. The molecule has 0 fully saturated rings. The molecule has 0 saturated heterocycles. The molecule has 0 saturated carbocycles. The van der Waals surface area contributed by atoms with E-state index in [2.05, 4.69) is 20.3 Å². The first-order valence-corrected chi connectivity index (χ1v) is 10.1. The summed E-state index contributed by atoms with van der Waals surface area (Å²) in [6.45, 7) is 2.55. The van der Waals surface area contributed by atoms with Gasteiger partial charge in [0.05, 0.1) is 24.7 Å². The summed E-state index contributed by atoms with van der Waals surface area (Å²) >= 11 is 1.39. The van der Waals surface area contributed by atoms with Crippen LogP contribution in [0.25, 0.3) is 22.0 Å². The molecule has 1 amide bonds. The number of carbonyl (C=O) groups excluding carboxylic acids is 1. The van der Waals surface area contributed by atoms with Gasteiger partial charge in [-0.1, -0.05) is 12.1 Å². The fraction of sp³-hybridized carbons (Fsp3) is 0.0909. The van der Waals surface area contributed by atoms with Crippen molar-refractivity contribution in [2.75, 3.05) is 11.9 Å². The average Bonchev–Trinajstić information content (AvgIpc) is 3.26. The summed E-state index contributed by atoms with van der Waals surface area (Å²) in [7, 11) is 0. The Hall–Kier alpha value is -3.78. The zero-order chi connectivity index (χ0) is 20.9. The Morgan fingerprint density at radius 1 is 1.10 bits per heavy atom. The number of hydrogen-bond donors (Lipinski definition) is 2. The predicted octanol–water partition coefficient (Wildman–Crippen LogP) is 4.62. The van der Waals surface area contributed by atoms with Crippen molar-refractivity contribution in [2.24, 2.45) is 0 Å². The lowest BCUT2D eigenvalue weighted by atomic mass is 10.2. The summed E-state index contributed by atoms with van der Waals surface area (Å²) in [5, 5.41) is 14.8. The monoisotopic (exact) mass is 418 g/mol. The maximum Gasteiger partial charge on any atom is 0.275 e. The Labute approximate surface area is 177 Å². The Kier molecular flexibility index (Phi) is 5.67. The molecule has 8 heteroatoms. The van der Waals surface area contributed by atoms with Crippen LogP contribution in [0.4, 0.5) is 5.69 Å². The number of carbonyl (C=O) groups is 1. The summed E-state index contributed by atoms with van der Waals surface area (Å²) in [5.74, 6) is 1.05. The molecule has 0 aliphatic carbocycles. The fourth-order valence-corrected chi connectivity index (χ4v) is 3.56. The molecule has 4 rings (SSSR count). The lowest BCUT2D eigenvalue weighted by Crippen LogP contribution is -2.12. The van der Waals surface area contributed by atoms with E-state index in [-0.39, 0.29) is 11.7 Å². The molecule has 0 spiro atoms. The van der Waals surface area contributed by atoms with E-state index in [0.717, 1.165) is 16.3 Å². The molecule has 0 radical (unpaired) electrons. The normalized spacial score (nSPS) is 10.6.